The molecule has 0 saturated heterocycles. The molecule has 3 rings (SSSR count). The van der Waals surface area contributed by atoms with Crippen LogP contribution in [0.4, 0.5) is 0 Å². The number of hydrogen-bond acceptors (Lipinski definition) is 5. The fourth-order valence-corrected chi connectivity index (χ4v) is 2.82. The van der Waals surface area contributed by atoms with Gasteiger partial charge in [0, 0.05) is 24.1 Å². The predicted molar refractivity (Wildman–Crippen MR) is 82.5 cm³/mol. The fourth-order valence-electron chi connectivity index (χ4n) is 2.82. The average Bonchev–Trinajstić information content (AvgIpc) is 2.82. The van der Waals surface area contributed by atoms with E-state index in [2.05, 4.69) is 6.58 Å². The van der Waals surface area contributed by atoms with Crippen LogP contribution in [0.25, 0.3) is 11.0 Å². The van der Waals surface area contributed by atoms with E-state index in [0.29, 0.717) is 40.7 Å². The Bertz CT molecular complexity index is 810. The Hall–Kier alpha value is -2.27. The zero-order valence-corrected chi connectivity index (χ0v) is 12.5. The number of phenolic OH excluding ortho intramolecular Hbond substituents is 1. The van der Waals surface area contributed by atoms with E-state index in [-0.39, 0.29) is 5.75 Å². The molecule has 1 aliphatic heterocycles. The van der Waals surface area contributed by atoms with Crippen LogP contribution < -0.4 is 10.4 Å². The lowest BCUT2D eigenvalue weighted by molar-refractivity contribution is -0.0229. The monoisotopic (exact) mass is 302 g/mol. The Morgan fingerprint density at radius 3 is 2.82 bits per heavy atom. The van der Waals surface area contributed by atoms with Crippen molar-refractivity contribution in [3.05, 3.63) is 46.3 Å². The van der Waals surface area contributed by atoms with Crippen molar-refractivity contribution in [2.75, 3.05) is 0 Å². The van der Waals surface area contributed by atoms with Crippen LogP contribution in [0.5, 0.6) is 11.5 Å². The van der Waals surface area contributed by atoms with Crippen LogP contribution in [0, 0.1) is 0 Å². The number of allylic oxidation sites excluding steroid dienone is 1. The SMILES string of the molecule is C=CCc1cc(=O)oc2c3c(cc(O)c12)OC(C(C)(C)O)C3. The summed E-state index contributed by atoms with van der Waals surface area (Å²) in [5.41, 5.74) is 0.158. The smallest absolute Gasteiger partial charge is 0.336 e. The quantitative estimate of drug-likeness (QED) is 0.672. The van der Waals surface area contributed by atoms with Crippen molar-refractivity contribution in [2.24, 2.45) is 0 Å². The van der Waals surface area contributed by atoms with Gasteiger partial charge in [0.15, 0.2) is 0 Å². The molecule has 5 nitrogen and oxygen atoms in total. The van der Waals surface area contributed by atoms with Gasteiger partial charge in [-0.2, -0.15) is 0 Å². The summed E-state index contributed by atoms with van der Waals surface area (Å²) in [5.74, 6) is 0.432. The molecular weight excluding hydrogens is 284 g/mol. The maximum atomic E-state index is 11.8. The van der Waals surface area contributed by atoms with Gasteiger partial charge in [-0.15, -0.1) is 6.58 Å². The molecule has 5 heteroatoms. The number of phenols is 1. The third-order valence-electron chi connectivity index (χ3n) is 3.95. The largest absolute Gasteiger partial charge is 0.507 e. The van der Waals surface area contributed by atoms with Crippen molar-refractivity contribution in [1.82, 2.24) is 0 Å². The maximum absolute atomic E-state index is 11.8. The van der Waals surface area contributed by atoms with Gasteiger partial charge >= 0.3 is 5.63 Å². The van der Waals surface area contributed by atoms with Crippen molar-refractivity contribution >= 4 is 11.0 Å². The molecule has 0 bridgehead atoms. The van der Waals surface area contributed by atoms with Crippen LogP contribution in [0.3, 0.4) is 0 Å². The lowest BCUT2D eigenvalue weighted by Gasteiger charge is -2.24. The second kappa shape index (κ2) is 4.88. The molecule has 1 unspecified atom stereocenters. The van der Waals surface area contributed by atoms with Gasteiger partial charge in [0.2, 0.25) is 0 Å². The molecular formula is C17H18O5. The molecule has 0 amide bonds. The molecule has 0 spiro atoms. The molecule has 2 N–H and O–H groups in total. The minimum atomic E-state index is -1.04. The molecule has 0 radical (unpaired) electrons. The second-order valence-corrected chi connectivity index (χ2v) is 6.12. The summed E-state index contributed by atoms with van der Waals surface area (Å²) in [7, 11) is 0. The Morgan fingerprint density at radius 2 is 2.18 bits per heavy atom. The third-order valence-corrected chi connectivity index (χ3v) is 3.95. The van der Waals surface area contributed by atoms with Gasteiger partial charge in [0.25, 0.3) is 0 Å². The summed E-state index contributed by atoms with van der Waals surface area (Å²) in [4.78, 5) is 11.8. The third kappa shape index (κ3) is 2.27. The van der Waals surface area contributed by atoms with E-state index in [0.717, 1.165) is 0 Å². The van der Waals surface area contributed by atoms with Gasteiger partial charge in [-0.1, -0.05) is 6.08 Å². The highest BCUT2D eigenvalue weighted by Gasteiger charge is 2.37. The van der Waals surface area contributed by atoms with Crippen LogP contribution >= 0.6 is 0 Å². The van der Waals surface area contributed by atoms with Crippen molar-refractivity contribution in [1.29, 1.82) is 0 Å². The molecule has 0 aliphatic carbocycles. The molecule has 1 aliphatic rings. The van der Waals surface area contributed by atoms with E-state index < -0.39 is 17.3 Å². The molecule has 2 aromatic rings. The topological polar surface area (TPSA) is 79.9 Å². The Balaban J connectivity index is 2.26. The first kappa shape index (κ1) is 14.7. The Morgan fingerprint density at radius 1 is 1.45 bits per heavy atom. The summed E-state index contributed by atoms with van der Waals surface area (Å²) in [6.45, 7) is 6.98. The van der Waals surface area contributed by atoms with Crippen molar-refractivity contribution in [2.45, 2.75) is 38.4 Å². The number of aliphatic hydroxyl groups is 1. The van der Waals surface area contributed by atoms with Gasteiger partial charge in [-0.25, -0.2) is 4.79 Å². The zero-order chi connectivity index (χ0) is 16.1. The lowest BCUT2D eigenvalue weighted by Crippen LogP contribution is -2.39. The van der Waals surface area contributed by atoms with E-state index in [9.17, 15) is 15.0 Å². The summed E-state index contributed by atoms with van der Waals surface area (Å²) in [5, 5.41) is 20.9. The van der Waals surface area contributed by atoms with Crippen LogP contribution in [0.15, 0.2) is 34.0 Å². The molecule has 1 aromatic carbocycles. The van der Waals surface area contributed by atoms with Crippen molar-refractivity contribution in [3.63, 3.8) is 0 Å². The molecule has 116 valence electrons. The summed E-state index contributed by atoms with van der Waals surface area (Å²) < 4.78 is 11.0. The number of fused-ring (bicyclic) bond motifs is 3. The van der Waals surface area contributed by atoms with E-state index in [1.54, 1.807) is 19.9 Å². The van der Waals surface area contributed by atoms with Crippen LogP contribution in [0.1, 0.15) is 25.0 Å². The first-order chi connectivity index (χ1) is 10.3. The normalized spacial score (nSPS) is 17.3. The molecule has 1 atom stereocenters. The van der Waals surface area contributed by atoms with E-state index in [4.69, 9.17) is 9.15 Å². The van der Waals surface area contributed by atoms with Crippen molar-refractivity contribution in [3.8, 4) is 11.5 Å². The number of aromatic hydroxyl groups is 1. The van der Waals surface area contributed by atoms with Gasteiger partial charge in [-0.05, 0) is 25.8 Å². The highest BCUT2D eigenvalue weighted by atomic mass is 16.5. The zero-order valence-electron chi connectivity index (χ0n) is 12.5. The average molecular weight is 302 g/mol. The number of rotatable bonds is 3. The summed E-state index contributed by atoms with van der Waals surface area (Å²) in [6.07, 6.45) is 2.07. The first-order valence-electron chi connectivity index (χ1n) is 7.12. The number of hydrogen-bond donors (Lipinski definition) is 2. The maximum Gasteiger partial charge on any atom is 0.336 e. The van der Waals surface area contributed by atoms with Crippen molar-refractivity contribution < 1.29 is 19.4 Å². The summed E-state index contributed by atoms with van der Waals surface area (Å²) >= 11 is 0. The van der Waals surface area contributed by atoms with Gasteiger partial charge in [0.1, 0.15) is 23.2 Å². The van der Waals surface area contributed by atoms with Gasteiger partial charge < -0.3 is 19.4 Å². The van der Waals surface area contributed by atoms with Crippen LogP contribution in [-0.2, 0) is 12.8 Å². The highest BCUT2D eigenvalue weighted by molar-refractivity contribution is 5.91. The van der Waals surface area contributed by atoms with Crippen LogP contribution in [0.2, 0.25) is 0 Å². The highest BCUT2D eigenvalue weighted by Crippen LogP contribution is 2.42. The minimum absolute atomic E-state index is 0.00857. The summed E-state index contributed by atoms with van der Waals surface area (Å²) in [6, 6.07) is 2.87. The Kier molecular flexibility index (Phi) is 3.25. The molecule has 2 heterocycles. The minimum Gasteiger partial charge on any atom is -0.507 e. The predicted octanol–water partition coefficient (Wildman–Crippen LogP) is 2.30. The second-order valence-electron chi connectivity index (χ2n) is 6.12. The lowest BCUT2D eigenvalue weighted by atomic mass is 9.95. The van der Waals surface area contributed by atoms with Gasteiger partial charge in [-0.3, -0.25) is 0 Å². The molecule has 0 fully saturated rings. The van der Waals surface area contributed by atoms with Crippen LogP contribution in [-0.4, -0.2) is 21.9 Å². The molecule has 0 saturated carbocycles. The molecule has 1 aromatic heterocycles. The van der Waals surface area contributed by atoms with E-state index in [1.165, 1.54) is 12.1 Å². The fraction of sp³-hybridized carbons (Fsp3) is 0.353. The standard InChI is InChI=1S/C17H18O5/c1-4-5-9-6-14(19)22-16-10-7-13(17(2,3)20)21-12(10)8-11(18)15(9)16/h4,6,8,13,18,20H,1,5,7H2,2-3H3. The van der Waals surface area contributed by atoms with E-state index >= 15 is 0 Å². The van der Waals surface area contributed by atoms with Gasteiger partial charge in [0.05, 0.1) is 11.0 Å². The first-order valence-corrected chi connectivity index (χ1v) is 7.12. The van der Waals surface area contributed by atoms with E-state index in [1.807, 2.05) is 0 Å². The number of ether oxygens (including phenoxy) is 1. The molecule has 22 heavy (non-hydrogen) atoms. The number of benzene rings is 1. The Labute approximate surface area is 127 Å².